The van der Waals surface area contributed by atoms with Crippen LogP contribution in [0, 0.1) is 29.0 Å². The van der Waals surface area contributed by atoms with E-state index in [1.54, 1.807) is 31.7 Å². The van der Waals surface area contributed by atoms with Gasteiger partial charge in [0.2, 0.25) is 23.5 Å². The van der Waals surface area contributed by atoms with Crippen LogP contribution in [0.25, 0.3) is 0 Å². The predicted octanol–water partition coefficient (Wildman–Crippen LogP) is 5.96. The first kappa shape index (κ1) is 37.6. The molecule has 264 valence electrons. The number of benzene rings is 2. The lowest BCUT2D eigenvalue weighted by atomic mass is 9.76. The van der Waals surface area contributed by atoms with Gasteiger partial charge < -0.3 is 20.6 Å². The lowest BCUT2D eigenvalue weighted by molar-refractivity contribution is -0.147. The van der Waals surface area contributed by atoms with Crippen molar-refractivity contribution in [3.63, 3.8) is 0 Å². The van der Waals surface area contributed by atoms with Gasteiger partial charge in [0.15, 0.2) is 0 Å². The van der Waals surface area contributed by atoms with Crippen LogP contribution in [0.1, 0.15) is 101 Å². The minimum atomic E-state index is -3.93. The van der Waals surface area contributed by atoms with Crippen LogP contribution < -0.4 is 10.6 Å². The van der Waals surface area contributed by atoms with E-state index in [4.69, 9.17) is 5.26 Å². The molecule has 3 atom stereocenters. The lowest BCUT2D eigenvalue weighted by Crippen LogP contribution is -2.54. The summed E-state index contributed by atoms with van der Waals surface area (Å²) in [5.74, 6) is -9.82. The molecule has 0 radical (unpaired) electrons. The second-order valence-electron chi connectivity index (χ2n) is 13.6. The van der Waals surface area contributed by atoms with Crippen LogP contribution in [0.3, 0.4) is 0 Å². The Balaban J connectivity index is 1.53. The maximum atomic E-state index is 15.6. The summed E-state index contributed by atoms with van der Waals surface area (Å²) in [6, 6.07) is 9.42. The fourth-order valence-electron chi connectivity index (χ4n) is 6.70. The van der Waals surface area contributed by atoms with Crippen LogP contribution in [-0.4, -0.2) is 58.2 Å². The number of likely N-dealkylation sites (tertiary alicyclic amines) is 1. The van der Waals surface area contributed by atoms with Gasteiger partial charge in [0.25, 0.3) is 0 Å². The van der Waals surface area contributed by atoms with Gasteiger partial charge in [-0.05, 0) is 68.4 Å². The molecular formula is C37H45F3N4O5. The molecule has 0 aromatic heterocycles. The Morgan fingerprint density at radius 2 is 1.76 bits per heavy atom. The summed E-state index contributed by atoms with van der Waals surface area (Å²) in [5, 5.41) is 24.7. The number of anilines is 1. The third kappa shape index (κ3) is 9.26. The van der Waals surface area contributed by atoms with Crippen molar-refractivity contribution >= 4 is 29.2 Å². The number of carbonyl (C=O) groups is 4. The third-order valence-electron chi connectivity index (χ3n) is 10.00. The van der Waals surface area contributed by atoms with Gasteiger partial charge in [-0.3, -0.25) is 19.2 Å². The summed E-state index contributed by atoms with van der Waals surface area (Å²) in [4.78, 5) is 54.2. The zero-order valence-corrected chi connectivity index (χ0v) is 28.2. The number of aliphatic hydroxyl groups is 1. The van der Waals surface area contributed by atoms with Crippen molar-refractivity contribution in [2.75, 3.05) is 18.4 Å². The highest BCUT2D eigenvalue weighted by molar-refractivity contribution is 5.97. The molecule has 0 unspecified atom stereocenters. The number of hydrogen-bond donors (Lipinski definition) is 3. The van der Waals surface area contributed by atoms with E-state index < -0.39 is 58.9 Å². The predicted molar refractivity (Wildman–Crippen MR) is 177 cm³/mol. The van der Waals surface area contributed by atoms with E-state index in [2.05, 4.69) is 10.6 Å². The summed E-state index contributed by atoms with van der Waals surface area (Å²) in [6.07, 6.45) is 3.72. The molecule has 0 bridgehead atoms. The number of ketones is 1. The zero-order chi connectivity index (χ0) is 35.9. The summed E-state index contributed by atoms with van der Waals surface area (Å²) < 4.78 is 46.3. The molecule has 2 aliphatic rings. The zero-order valence-electron chi connectivity index (χ0n) is 28.2. The Labute approximate surface area is 285 Å². The molecule has 1 saturated carbocycles. The van der Waals surface area contributed by atoms with Crippen molar-refractivity contribution in [2.45, 2.75) is 102 Å². The number of amides is 3. The number of halogens is 3. The molecule has 12 heteroatoms. The van der Waals surface area contributed by atoms with E-state index in [0.29, 0.717) is 44.3 Å². The van der Waals surface area contributed by atoms with Crippen molar-refractivity contribution in [3.8, 4) is 6.07 Å². The first-order valence-corrected chi connectivity index (χ1v) is 17.0. The molecule has 0 spiro atoms. The van der Waals surface area contributed by atoms with E-state index in [1.807, 2.05) is 0 Å². The first-order valence-electron chi connectivity index (χ1n) is 17.0. The summed E-state index contributed by atoms with van der Waals surface area (Å²) in [5.41, 5.74) is -1.37. The fraction of sp³-hybridized carbons (Fsp3) is 0.541. The molecule has 2 fully saturated rings. The highest BCUT2D eigenvalue weighted by atomic mass is 19.3. The Morgan fingerprint density at radius 1 is 1.08 bits per heavy atom. The number of nitrogens with one attached hydrogen (secondary N) is 2. The van der Waals surface area contributed by atoms with Gasteiger partial charge >= 0.3 is 5.92 Å². The number of alkyl halides is 2. The molecular weight excluding hydrogens is 637 g/mol. The maximum Gasteiger partial charge on any atom is 0.330 e. The SMILES string of the molecule is CCC(=O)N[C@@H](C(=O)N1CCC(C)(O)CC1)[C@@H](C)c1ccc(NC(=O)[C@@H](CC(=O)C(F)(F)c2cccc(C#N)c2)C2CCCCC2)c(F)c1. The van der Waals surface area contributed by atoms with Crippen molar-refractivity contribution in [2.24, 2.45) is 11.8 Å². The second-order valence-corrected chi connectivity index (χ2v) is 13.6. The Bertz CT molecular complexity index is 1570. The number of hydrogen-bond acceptors (Lipinski definition) is 6. The highest BCUT2D eigenvalue weighted by Gasteiger charge is 2.44. The average Bonchev–Trinajstić information content (AvgIpc) is 3.09. The Kier molecular flexibility index (Phi) is 12.3. The smallest absolute Gasteiger partial charge is 0.330 e. The molecule has 9 nitrogen and oxygen atoms in total. The van der Waals surface area contributed by atoms with E-state index in [9.17, 15) is 24.3 Å². The van der Waals surface area contributed by atoms with Gasteiger partial charge in [-0.25, -0.2) is 4.39 Å². The summed E-state index contributed by atoms with van der Waals surface area (Å²) in [6.45, 7) is 5.65. The summed E-state index contributed by atoms with van der Waals surface area (Å²) >= 11 is 0. The van der Waals surface area contributed by atoms with Crippen molar-refractivity contribution in [1.29, 1.82) is 5.26 Å². The largest absolute Gasteiger partial charge is 0.390 e. The molecule has 3 amide bonds. The van der Waals surface area contributed by atoms with Crippen LogP contribution in [0.5, 0.6) is 0 Å². The topological polar surface area (TPSA) is 140 Å². The minimum Gasteiger partial charge on any atom is -0.390 e. The van der Waals surface area contributed by atoms with Gasteiger partial charge in [0, 0.05) is 43.3 Å². The normalized spacial score (nSPS) is 18.4. The van der Waals surface area contributed by atoms with Crippen LogP contribution in [-0.2, 0) is 25.1 Å². The first-order chi connectivity index (χ1) is 23.2. The molecule has 2 aromatic carbocycles. The van der Waals surface area contributed by atoms with Gasteiger partial charge in [0.1, 0.15) is 11.9 Å². The Hall–Kier alpha value is -4.24. The van der Waals surface area contributed by atoms with Gasteiger partial charge in [-0.2, -0.15) is 14.0 Å². The van der Waals surface area contributed by atoms with Crippen LogP contribution in [0.15, 0.2) is 42.5 Å². The molecule has 49 heavy (non-hydrogen) atoms. The minimum absolute atomic E-state index is 0.0241. The van der Waals surface area contributed by atoms with Gasteiger partial charge in [-0.15, -0.1) is 0 Å². The quantitative estimate of drug-likeness (QED) is 0.253. The van der Waals surface area contributed by atoms with Gasteiger partial charge in [-0.1, -0.05) is 51.3 Å². The van der Waals surface area contributed by atoms with Crippen molar-refractivity contribution < 1.29 is 37.5 Å². The van der Waals surface area contributed by atoms with Crippen LogP contribution in [0.4, 0.5) is 18.9 Å². The van der Waals surface area contributed by atoms with Crippen molar-refractivity contribution in [1.82, 2.24) is 10.2 Å². The average molecular weight is 683 g/mol. The number of nitrogens with zero attached hydrogens (tertiary/aromatic N) is 2. The van der Waals surface area contributed by atoms with Gasteiger partial charge in [0.05, 0.1) is 22.9 Å². The molecule has 3 N–H and O–H groups in total. The fourth-order valence-corrected chi connectivity index (χ4v) is 6.70. The lowest BCUT2D eigenvalue weighted by Gasteiger charge is -2.38. The molecule has 1 heterocycles. The molecule has 1 saturated heterocycles. The van der Waals surface area contributed by atoms with Crippen LogP contribution >= 0.6 is 0 Å². The monoisotopic (exact) mass is 682 g/mol. The molecule has 2 aromatic rings. The van der Waals surface area contributed by atoms with Crippen molar-refractivity contribution in [3.05, 3.63) is 65.0 Å². The maximum absolute atomic E-state index is 15.6. The van der Waals surface area contributed by atoms with Crippen LogP contribution in [0.2, 0.25) is 0 Å². The van der Waals surface area contributed by atoms with E-state index in [1.165, 1.54) is 24.3 Å². The Morgan fingerprint density at radius 3 is 2.37 bits per heavy atom. The number of carbonyl (C=O) groups excluding carboxylic acids is 4. The second kappa shape index (κ2) is 16.0. The number of Topliss-reactive ketones (excluding diaryl/α,β-unsaturated/α-hetero) is 1. The number of rotatable bonds is 12. The third-order valence-corrected chi connectivity index (χ3v) is 10.00. The number of piperidine rings is 1. The molecule has 4 rings (SSSR count). The molecule has 1 aliphatic carbocycles. The van der Waals surface area contributed by atoms with E-state index >= 15 is 13.2 Å². The standard InChI is InChI=1S/C37H45F3N4O5/c1-4-32(46)43-33(35(48)44-17-15-36(3,49)16-18-44)23(2)26-13-14-30(29(38)20-26)42-34(47)28(25-10-6-5-7-11-25)21-31(45)37(39,40)27-12-8-9-24(19-27)22-41/h8-9,12-14,19-20,23,25,28,33,49H,4-7,10-11,15-18,21H2,1-3H3,(H,42,47)(H,43,46)/t23-,28-,33+/m0/s1. The highest BCUT2D eigenvalue weighted by Crippen LogP contribution is 2.38. The molecule has 1 aliphatic heterocycles. The summed E-state index contributed by atoms with van der Waals surface area (Å²) in [7, 11) is 0. The van der Waals surface area contributed by atoms with E-state index in [-0.39, 0.29) is 35.4 Å². The number of nitriles is 1. The van der Waals surface area contributed by atoms with E-state index in [0.717, 1.165) is 37.5 Å².